The molecular weight excluding hydrogens is 332 g/mol. The lowest BCUT2D eigenvalue weighted by molar-refractivity contribution is -0.127. The fraction of sp³-hybridized carbons (Fsp3) is 0.467. The van der Waals surface area contributed by atoms with E-state index in [9.17, 15) is 9.59 Å². The molecular formula is C15H18N4O4S. The van der Waals surface area contributed by atoms with Crippen LogP contribution in [-0.2, 0) is 9.59 Å². The molecule has 3 rings (SSSR count). The third-order valence-corrected chi connectivity index (χ3v) is 4.38. The third-order valence-electron chi connectivity index (χ3n) is 3.56. The van der Waals surface area contributed by atoms with E-state index in [-0.39, 0.29) is 23.5 Å². The number of thioether (sulfide) groups is 1. The van der Waals surface area contributed by atoms with E-state index >= 15 is 0 Å². The van der Waals surface area contributed by atoms with Gasteiger partial charge in [0.15, 0.2) is 5.76 Å². The molecule has 9 heteroatoms. The second-order valence-corrected chi connectivity index (χ2v) is 6.25. The zero-order valence-corrected chi connectivity index (χ0v) is 13.9. The molecule has 0 aromatic carbocycles. The molecule has 1 saturated heterocycles. The number of carbonyl (C=O) groups excluding carboxylic acids is 2. The van der Waals surface area contributed by atoms with Crippen molar-refractivity contribution in [3.8, 4) is 11.7 Å². The Balaban J connectivity index is 1.33. The molecule has 1 N–H and O–H groups in total. The van der Waals surface area contributed by atoms with E-state index in [2.05, 4.69) is 15.5 Å². The number of furan rings is 1. The highest BCUT2D eigenvalue weighted by Gasteiger charge is 2.19. The van der Waals surface area contributed by atoms with E-state index in [4.69, 9.17) is 8.83 Å². The summed E-state index contributed by atoms with van der Waals surface area (Å²) in [6.07, 6.45) is 3.86. The number of nitrogens with zero attached hydrogens (tertiary/aromatic N) is 3. The van der Waals surface area contributed by atoms with Gasteiger partial charge in [0.1, 0.15) is 0 Å². The largest absolute Gasteiger partial charge is 0.459 e. The summed E-state index contributed by atoms with van der Waals surface area (Å²) in [5, 5.41) is 10.9. The first kappa shape index (κ1) is 16.6. The van der Waals surface area contributed by atoms with Crippen LogP contribution in [0.2, 0.25) is 0 Å². The maximum Gasteiger partial charge on any atom is 0.284 e. The van der Waals surface area contributed by atoms with E-state index in [1.54, 1.807) is 12.1 Å². The van der Waals surface area contributed by atoms with Crippen LogP contribution < -0.4 is 5.32 Å². The first-order chi connectivity index (χ1) is 11.7. The van der Waals surface area contributed by atoms with E-state index < -0.39 is 0 Å². The van der Waals surface area contributed by atoms with Gasteiger partial charge in [-0.2, -0.15) is 0 Å². The molecule has 0 radical (unpaired) electrons. The van der Waals surface area contributed by atoms with Crippen molar-refractivity contribution in [1.29, 1.82) is 0 Å². The van der Waals surface area contributed by atoms with Crippen molar-refractivity contribution in [2.45, 2.75) is 24.5 Å². The number of hydrogen-bond donors (Lipinski definition) is 1. The highest BCUT2D eigenvalue weighted by atomic mass is 32.2. The van der Waals surface area contributed by atoms with Crippen LogP contribution in [0.1, 0.15) is 19.3 Å². The smallest absolute Gasteiger partial charge is 0.284 e. The molecule has 2 amide bonds. The molecule has 0 spiro atoms. The molecule has 24 heavy (non-hydrogen) atoms. The summed E-state index contributed by atoms with van der Waals surface area (Å²) in [5.41, 5.74) is 0. The number of rotatable bonds is 8. The van der Waals surface area contributed by atoms with Gasteiger partial charge in [-0.25, -0.2) is 0 Å². The molecule has 0 atom stereocenters. The second kappa shape index (κ2) is 8.00. The Morgan fingerprint density at radius 1 is 1.42 bits per heavy atom. The third kappa shape index (κ3) is 4.38. The summed E-state index contributed by atoms with van der Waals surface area (Å²) in [7, 11) is 0. The summed E-state index contributed by atoms with van der Waals surface area (Å²) < 4.78 is 10.6. The molecule has 2 aromatic rings. The van der Waals surface area contributed by atoms with Gasteiger partial charge in [0, 0.05) is 26.1 Å². The van der Waals surface area contributed by atoms with E-state index in [0.717, 1.165) is 19.4 Å². The van der Waals surface area contributed by atoms with Gasteiger partial charge in [0.2, 0.25) is 11.8 Å². The normalized spacial score (nSPS) is 14.3. The maximum absolute atomic E-state index is 11.8. The molecule has 1 fully saturated rings. The van der Waals surface area contributed by atoms with Crippen molar-refractivity contribution in [1.82, 2.24) is 20.4 Å². The standard InChI is InChI=1S/C15H18N4O4S/c20-12(16-6-3-8-19-7-1-5-13(19)21)10-24-15-18-17-14(23-15)11-4-2-9-22-11/h2,4,9H,1,3,5-8,10H2,(H,16,20). The number of amides is 2. The van der Waals surface area contributed by atoms with E-state index in [0.29, 0.717) is 30.5 Å². The average Bonchev–Trinajstić information content (AvgIpc) is 3.31. The van der Waals surface area contributed by atoms with Crippen molar-refractivity contribution >= 4 is 23.6 Å². The number of nitrogens with one attached hydrogen (secondary N) is 1. The predicted octanol–water partition coefficient (Wildman–Crippen LogP) is 1.55. The minimum Gasteiger partial charge on any atom is -0.459 e. The summed E-state index contributed by atoms with van der Waals surface area (Å²) in [6, 6.07) is 3.45. The van der Waals surface area contributed by atoms with E-state index in [1.165, 1.54) is 18.0 Å². The topological polar surface area (TPSA) is 101 Å². The van der Waals surface area contributed by atoms with Gasteiger partial charge < -0.3 is 19.1 Å². The highest BCUT2D eigenvalue weighted by molar-refractivity contribution is 7.99. The van der Waals surface area contributed by atoms with Gasteiger partial charge in [0.25, 0.3) is 11.1 Å². The Morgan fingerprint density at radius 3 is 3.08 bits per heavy atom. The minimum absolute atomic E-state index is 0.106. The number of hydrogen-bond acceptors (Lipinski definition) is 7. The van der Waals surface area contributed by atoms with Gasteiger partial charge in [0.05, 0.1) is 12.0 Å². The van der Waals surface area contributed by atoms with Crippen LogP contribution in [0.15, 0.2) is 32.5 Å². The lowest BCUT2D eigenvalue weighted by atomic mass is 10.4. The van der Waals surface area contributed by atoms with E-state index in [1.807, 2.05) is 4.90 Å². The van der Waals surface area contributed by atoms with Crippen LogP contribution in [0, 0.1) is 0 Å². The summed E-state index contributed by atoms with van der Waals surface area (Å²) in [5.74, 6) is 1.09. The summed E-state index contributed by atoms with van der Waals surface area (Å²) >= 11 is 1.17. The first-order valence-electron chi connectivity index (χ1n) is 7.77. The molecule has 128 valence electrons. The second-order valence-electron chi connectivity index (χ2n) is 5.33. The lowest BCUT2D eigenvalue weighted by Gasteiger charge is -2.15. The van der Waals surface area contributed by atoms with Crippen molar-refractivity contribution in [2.24, 2.45) is 0 Å². The van der Waals surface area contributed by atoms with Gasteiger partial charge in [-0.3, -0.25) is 9.59 Å². The molecule has 1 aliphatic rings. The predicted molar refractivity (Wildman–Crippen MR) is 86.2 cm³/mol. The van der Waals surface area contributed by atoms with Crippen molar-refractivity contribution in [3.63, 3.8) is 0 Å². The Kier molecular flexibility index (Phi) is 5.52. The molecule has 0 unspecified atom stereocenters. The number of aromatic nitrogens is 2. The first-order valence-corrected chi connectivity index (χ1v) is 8.75. The molecule has 8 nitrogen and oxygen atoms in total. The molecule has 2 aromatic heterocycles. The van der Waals surface area contributed by atoms with Crippen molar-refractivity contribution in [3.05, 3.63) is 18.4 Å². The zero-order chi connectivity index (χ0) is 16.8. The van der Waals surface area contributed by atoms with Crippen LogP contribution in [-0.4, -0.2) is 52.3 Å². The zero-order valence-electron chi connectivity index (χ0n) is 13.1. The van der Waals surface area contributed by atoms with Gasteiger partial charge in [-0.1, -0.05) is 11.8 Å². The van der Waals surface area contributed by atoms with Crippen LogP contribution >= 0.6 is 11.8 Å². The van der Waals surface area contributed by atoms with Gasteiger partial charge in [-0.05, 0) is 25.0 Å². The van der Waals surface area contributed by atoms with Crippen molar-refractivity contribution < 1.29 is 18.4 Å². The fourth-order valence-electron chi connectivity index (χ4n) is 2.38. The molecule has 0 bridgehead atoms. The number of likely N-dealkylation sites (tertiary alicyclic amines) is 1. The Labute approximate surface area is 143 Å². The number of carbonyl (C=O) groups is 2. The quantitative estimate of drug-likeness (QED) is 0.569. The lowest BCUT2D eigenvalue weighted by Crippen LogP contribution is -2.31. The monoisotopic (exact) mass is 350 g/mol. The SMILES string of the molecule is O=C(CSc1nnc(-c2ccco2)o1)NCCCN1CCCC1=O. The van der Waals surface area contributed by atoms with Gasteiger partial charge >= 0.3 is 0 Å². The maximum atomic E-state index is 11.8. The van der Waals surface area contributed by atoms with Crippen LogP contribution in [0.5, 0.6) is 0 Å². The van der Waals surface area contributed by atoms with Crippen LogP contribution in [0.3, 0.4) is 0 Å². The van der Waals surface area contributed by atoms with Crippen molar-refractivity contribution in [2.75, 3.05) is 25.4 Å². The fourth-order valence-corrected chi connectivity index (χ4v) is 2.98. The molecule has 0 saturated carbocycles. The Hall–Kier alpha value is -2.29. The Morgan fingerprint density at radius 2 is 2.33 bits per heavy atom. The van der Waals surface area contributed by atoms with Crippen LogP contribution in [0.25, 0.3) is 11.7 Å². The molecule has 0 aliphatic carbocycles. The highest BCUT2D eigenvalue weighted by Crippen LogP contribution is 2.23. The van der Waals surface area contributed by atoms with Gasteiger partial charge in [-0.15, -0.1) is 10.2 Å². The molecule has 3 heterocycles. The Bertz CT molecular complexity index is 685. The van der Waals surface area contributed by atoms with Crippen LogP contribution in [0.4, 0.5) is 0 Å². The summed E-state index contributed by atoms with van der Waals surface area (Å²) in [6.45, 7) is 2.07. The minimum atomic E-state index is -0.106. The summed E-state index contributed by atoms with van der Waals surface area (Å²) in [4.78, 5) is 25.1. The average molecular weight is 350 g/mol. The molecule has 1 aliphatic heterocycles.